The molecule has 1 aromatic rings. The number of aliphatic hydroxyl groups excluding tert-OH is 1. The van der Waals surface area contributed by atoms with Crippen LogP contribution in [0.5, 0.6) is 0 Å². The van der Waals surface area contributed by atoms with E-state index >= 15 is 0 Å². The van der Waals surface area contributed by atoms with Crippen molar-refractivity contribution in [3.8, 4) is 0 Å². The largest absolute Gasteiger partial charge is 0.399 e. The Bertz CT molecular complexity index is 319. The summed E-state index contributed by atoms with van der Waals surface area (Å²) < 4.78 is 0.989. The number of aliphatic hydroxyl groups is 1. The Kier molecular flexibility index (Phi) is 4.10. The molecule has 0 aliphatic heterocycles. The molecule has 0 aromatic heterocycles. The first-order valence-electron chi connectivity index (χ1n) is 4.20. The van der Waals surface area contributed by atoms with Gasteiger partial charge in [-0.1, -0.05) is 33.2 Å². The standard InChI is InChI=1S/C10H12BrNO2/c1-7(13)10(12-14-2)8-3-5-9(11)6-4-8/h3-7,13H,1-2H3/b12-10+. The van der Waals surface area contributed by atoms with E-state index in [1.165, 1.54) is 7.11 Å². The van der Waals surface area contributed by atoms with Crippen molar-refractivity contribution in [2.24, 2.45) is 5.16 Å². The van der Waals surface area contributed by atoms with Crippen molar-refractivity contribution in [3.05, 3.63) is 34.3 Å². The molecule has 76 valence electrons. The number of hydrogen-bond donors (Lipinski definition) is 1. The minimum absolute atomic E-state index is 0.528. The maximum Gasteiger partial charge on any atom is 0.115 e. The van der Waals surface area contributed by atoms with Crippen molar-refractivity contribution in [1.82, 2.24) is 0 Å². The van der Waals surface area contributed by atoms with Gasteiger partial charge in [-0.2, -0.15) is 0 Å². The predicted octanol–water partition coefficient (Wildman–Crippen LogP) is 2.18. The van der Waals surface area contributed by atoms with E-state index in [0.717, 1.165) is 10.0 Å². The monoisotopic (exact) mass is 257 g/mol. The van der Waals surface area contributed by atoms with Crippen LogP contribution in [0.15, 0.2) is 33.9 Å². The summed E-state index contributed by atoms with van der Waals surface area (Å²) in [5.74, 6) is 0. The third-order valence-corrected chi connectivity index (χ3v) is 2.25. The zero-order chi connectivity index (χ0) is 10.6. The molecule has 0 bridgehead atoms. The van der Waals surface area contributed by atoms with Crippen molar-refractivity contribution in [3.63, 3.8) is 0 Å². The Morgan fingerprint density at radius 2 is 2.00 bits per heavy atom. The van der Waals surface area contributed by atoms with E-state index in [9.17, 15) is 5.11 Å². The van der Waals surface area contributed by atoms with Crippen molar-refractivity contribution in [1.29, 1.82) is 0 Å². The summed E-state index contributed by atoms with van der Waals surface area (Å²) in [6.45, 7) is 1.65. The van der Waals surface area contributed by atoms with Crippen LogP contribution in [0.2, 0.25) is 0 Å². The first-order chi connectivity index (χ1) is 6.65. The summed E-state index contributed by atoms with van der Waals surface area (Å²) in [5, 5.41) is 13.2. The fourth-order valence-electron chi connectivity index (χ4n) is 1.09. The highest BCUT2D eigenvalue weighted by molar-refractivity contribution is 9.10. The second-order valence-corrected chi connectivity index (χ2v) is 3.76. The van der Waals surface area contributed by atoms with E-state index < -0.39 is 6.10 Å². The fourth-order valence-corrected chi connectivity index (χ4v) is 1.35. The Morgan fingerprint density at radius 3 is 2.43 bits per heavy atom. The van der Waals surface area contributed by atoms with Gasteiger partial charge in [0.2, 0.25) is 0 Å². The van der Waals surface area contributed by atoms with Gasteiger partial charge in [0.15, 0.2) is 0 Å². The van der Waals surface area contributed by atoms with Gasteiger partial charge in [0.05, 0.1) is 6.10 Å². The molecule has 0 spiro atoms. The maximum absolute atomic E-state index is 9.44. The molecular weight excluding hydrogens is 246 g/mol. The van der Waals surface area contributed by atoms with Crippen molar-refractivity contribution < 1.29 is 9.94 Å². The third-order valence-electron chi connectivity index (χ3n) is 1.73. The molecule has 14 heavy (non-hydrogen) atoms. The first-order valence-corrected chi connectivity index (χ1v) is 4.99. The minimum atomic E-state index is -0.642. The van der Waals surface area contributed by atoms with Crippen LogP contribution in [0.1, 0.15) is 12.5 Å². The molecular formula is C10H12BrNO2. The third kappa shape index (κ3) is 2.82. The Hall–Kier alpha value is -0.870. The molecule has 0 saturated carbocycles. The first kappa shape index (κ1) is 11.2. The minimum Gasteiger partial charge on any atom is -0.399 e. The number of hydrogen-bond acceptors (Lipinski definition) is 3. The molecule has 0 aliphatic carbocycles. The summed E-state index contributed by atoms with van der Waals surface area (Å²) >= 11 is 3.34. The zero-order valence-electron chi connectivity index (χ0n) is 8.07. The summed E-state index contributed by atoms with van der Waals surface area (Å²) in [4.78, 5) is 4.67. The highest BCUT2D eigenvalue weighted by atomic mass is 79.9. The normalized spacial score (nSPS) is 13.9. The highest BCUT2D eigenvalue weighted by Crippen LogP contribution is 2.12. The van der Waals surface area contributed by atoms with Gasteiger partial charge >= 0.3 is 0 Å². The average Bonchev–Trinajstić information content (AvgIpc) is 2.15. The van der Waals surface area contributed by atoms with E-state index in [1.54, 1.807) is 6.92 Å². The van der Waals surface area contributed by atoms with Gasteiger partial charge in [-0.25, -0.2) is 0 Å². The van der Waals surface area contributed by atoms with Gasteiger partial charge in [-0.05, 0) is 19.1 Å². The zero-order valence-corrected chi connectivity index (χ0v) is 9.65. The Morgan fingerprint density at radius 1 is 1.43 bits per heavy atom. The van der Waals surface area contributed by atoms with E-state index in [0.29, 0.717) is 5.71 Å². The number of oxime groups is 1. The van der Waals surface area contributed by atoms with Gasteiger partial charge in [0, 0.05) is 10.0 Å². The number of benzene rings is 1. The number of nitrogens with zero attached hydrogens (tertiary/aromatic N) is 1. The highest BCUT2D eigenvalue weighted by Gasteiger charge is 2.10. The summed E-state index contributed by atoms with van der Waals surface area (Å²) in [7, 11) is 1.46. The molecule has 0 heterocycles. The van der Waals surface area contributed by atoms with E-state index in [-0.39, 0.29) is 0 Å². The molecule has 4 heteroatoms. The van der Waals surface area contributed by atoms with Crippen molar-refractivity contribution >= 4 is 21.6 Å². The summed E-state index contributed by atoms with van der Waals surface area (Å²) in [6.07, 6.45) is -0.642. The molecule has 1 atom stereocenters. The molecule has 0 aliphatic rings. The Labute approximate surface area is 91.5 Å². The molecule has 0 saturated heterocycles. The van der Waals surface area contributed by atoms with Crippen LogP contribution in [-0.4, -0.2) is 24.0 Å². The lowest BCUT2D eigenvalue weighted by Crippen LogP contribution is -2.17. The second-order valence-electron chi connectivity index (χ2n) is 2.84. The quantitative estimate of drug-likeness (QED) is 0.667. The molecule has 0 fully saturated rings. The SMILES string of the molecule is CO/N=C(/c1ccc(Br)cc1)C(C)O. The molecule has 1 N–H and O–H groups in total. The molecule has 1 aromatic carbocycles. The van der Waals surface area contributed by atoms with Crippen LogP contribution in [0.3, 0.4) is 0 Å². The second kappa shape index (κ2) is 5.12. The van der Waals surface area contributed by atoms with Crippen LogP contribution < -0.4 is 0 Å². The van der Waals surface area contributed by atoms with E-state index in [2.05, 4.69) is 25.9 Å². The van der Waals surface area contributed by atoms with Gasteiger partial charge < -0.3 is 9.94 Å². The summed E-state index contributed by atoms with van der Waals surface area (Å²) in [6, 6.07) is 7.52. The molecule has 1 rings (SSSR count). The van der Waals surface area contributed by atoms with Crippen LogP contribution >= 0.6 is 15.9 Å². The topological polar surface area (TPSA) is 41.8 Å². The van der Waals surface area contributed by atoms with Gasteiger partial charge in [-0.3, -0.25) is 0 Å². The van der Waals surface area contributed by atoms with Crippen LogP contribution in [0.4, 0.5) is 0 Å². The lowest BCUT2D eigenvalue weighted by atomic mass is 10.1. The molecule has 0 radical (unpaired) electrons. The van der Waals surface area contributed by atoms with Crippen LogP contribution in [0.25, 0.3) is 0 Å². The fraction of sp³-hybridized carbons (Fsp3) is 0.300. The van der Waals surface area contributed by atoms with E-state index in [1.807, 2.05) is 24.3 Å². The molecule has 0 amide bonds. The molecule has 1 unspecified atom stereocenters. The van der Waals surface area contributed by atoms with Gasteiger partial charge in [0.1, 0.15) is 12.8 Å². The number of rotatable bonds is 3. The van der Waals surface area contributed by atoms with E-state index in [4.69, 9.17) is 0 Å². The van der Waals surface area contributed by atoms with Gasteiger partial charge in [-0.15, -0.1) is 0 Å². The van der Waals surface area contributed by atoms with Crippen LogP contribution in [-0.2, 0) is 4.84 Å². The molecule has 3 nitrogen and oxygen atoms in total. The lowest BCUT2D eigenvalue weighted by molar-refractivity contribution is 0.200. The summed E-state index contributed by atoms with van der Waals surface area (Å²) in [5.41, 5.74) is 1.38. The van der Waals surface area contributed by atoms with Gasteiger partial charge in [0.25, 0.3) is 0 Å². The predicted molar refractivity (Wildman–Crippen MR) is 59.4 cm³/mol. The Balaban J connectivity index is 3.00. The van der Waals surface area contributed by atoms with Crippen molar-refractivity contribution in [2.45, 2.75) is 13.0 Å². The number of halogens is 1. The maximum atomic E-state index is 9.44. The average molecular weight is 258 g/mol. The smallest absolute Gasteiger partial charge is 0.115 e. The van der Waals surface area contributed by atoms with Crippen LogP contribution in [0, 0.1) is 0 Å². The lowest BCUT2D eigenvalue weighted by Gasteiger charge is -2.08. The van der Waals surface area contributed by atoms with Crippen molar-refractivity contribution in [2.75, 3.05) is 7.11 Å².